The molecule has 0 bridgehead atoms. The van der Waals surface area contributed by atoms with Crippen LogP contribution in [0.2, 0.25) is 0 Å². The van der Waals surface area contributed by atoms with E-state index >= 15 is 0 Å². The quantitative estimate of drug-likeness (QED) is 0.643. The van der Waals surface area contributed by atoms with E-state index in [0.29, 0.717) is 17.3 Å². The molecule has 0 aromatic rings. The van der Waals surface area contributed by atoms with E-state index in [1.54, 1.807) is 0 Å². The van der Waals surface area contributed by atoms with Gasteiger partial charge in [-0.25, -0.2) is 0 Å². The van der Waals surface area contributed by atoms with Crippen LogP contribution < -0.4 is 0 Å². The minimum Gasteiger partial charge on any atom is -0.347 e. The summed E-state index contributed by atoms with van der Waals surface area (Å²) in [6, 6.07) is 0. The molecule has 0 spiro atoms. The zero-order valence-electron chi connectivity index (χ0n) is 16.4. The van der Waals surface area contributed by atoms with E-state index in [-0.39, 0.29) is 5.79 Å². The third-order valence-corrected chi connectivity index (χ3v) is 6.18. The van der Waals surface area contributed by atoms with Crippen molar-refractivity contribution in [2.45, 2.75) is 86.9 Å². The molecule has 1 saturated carbocycles. The van der Waals surface area contributed by atoms with E-state index < -0.39 is 0 Å². The molecule has 0 radical (unpaired) electrons. The summed E-state index contributed by atoms with van der Waals surface area (Å²) >= 11 is 0. The summed E-state index contributed by atoms with van der Waals surface area (Å²) in [4.78, 5) is 0. The third-order valence-electron chi connectivity index (χ3n) is 6.18. The first-order valence-corrected chi connectivity index (χ1v) is 9.47. The predicted octanol–water partition coefficient (Wildman–Crippen LogP) is 5.90. The molecule has 2 nitrogen and oxygen atoms in total. The molecule has 0 aromatic heterocycles. The van der Waals surface area contributed by atoms with E-state index in [2.05, 4.69) is 55.4 Å². The van der Waals surface area contributed by atoms with Gasteiger partial charge in [0.25, 0.3) is 0 Å². The Bertz CT molecular complexity index is 254. The summed E-state index contributed by atoms with van der Waals surface area (Å²) < 4.78 is 11.3. The lowest BCUT2D eigenvalue weighted by molar-refractivity contribution is -0.216. The molecule has 0 amide bonds. The average Bonchev–Trinajstić information content (AvgIpc) is 3.10. The Morgan fingerprint density at radius 2 is 0.955 bits per heavy atom. The molecular formula is C20H40O2. The molecule has 0 atom stereocenters. The third kappa shape index (κ3) is 4.06. The molecule has 0 aromatic carbocycles. The van der Waals surface area contributed by atoms with Gasteiger partial charge in [0, 0.05) is 11.8 Å². The van der Waals surface area contributed by atoms with Gasteiger partial charge in [0.2, 0.25) is 0 Å². The van der Waals surface area contributed by atoms with E-state index in [1.807, 2.05) is 0 Å². The van der Waals surface area contributed by atoms with Crippen LogP contribution in [0.1, 0.15) is 81.1 Å². The Labute approximate surface area is 139 Å². The standard InChI is InChI=1S/C11H22.C9H18O2/c1-9(2)11(10(3)4)7-5-6-8-11;1-7(2)9(8(3)4)10-5-6-11-9/h9-10H,5-8H2,1-4H3;7-8H,5-6H2,1-4H3. The fraction of sp³-hybridized carbons (Fsp3) is 1.00. The summed E-state index contributed by atoms with van der Waals surface area (Å²) in [6.45, 7) is 19.6. The molecule has 0 unspecified atom stereocenters. The Morgan fingerprint density at radius 3 is 1.14 bits per heavy atom. The van der Waals surface area contributed by atoms with Gasteiger partial charge in [0.15, 0.2) is 5.79 Å². The fourth-order valence-corrected chi connectivity index (χ4v) is 4.63. The molecule has 0 N–H and O–H groups in total. The van der Waals surface area contributed by atoms with Crippen molar-refractivity contribution in [1.29, 1.82) is 0 Å². The summed E-state index contributed by atoms with van der Waals surface area (Å²) in [5.74, 6) is 2.32. The Kier molecular flexibility index (Phi) is 7.39. The summed E-state index contributed by atoms with van der Waals surface area (Å²) in [6.07, 6.45) is 5.89. The van der Waals surface area contributed by atoms with Gasteiger partial charge in [-0.3, -0.25) is 0 Å². The van der Waals surface area contributed by atoms with Crippen molar-refractivity contribution >= 4 is 0 Å². The number of ether oxygens (including phenoxy) is 2. The first kappa shape index (κ1) is 20.0. The second-order valence-electron chi connectivity index (χ2n) is 8.48. The smallest absolute Gasteiger partial charge is 0.172 e. The van der Waals surface area contributed by atoms with Crippen molar-refractivity contribution < 1.29 is 9.47 Å². The molecule has 1 saturated heterocycles. The highest BCUT2D eigenvalue weighted by Crippen LogP contribution is 2.49. The van der Waals surface area contributed by atoms with Crippen LogP contribution >= 0.6 is 0 Å². The van der Waals surface area contributed by atoms with Gasteiger partial charge >= 0.3 is 0 Å². The number of rotatable bonds is 4. The summed E-state index contributed by atoms with van der Waals surface area (Å²) in [5, 5.41) is 0. The largest absolute Gasteiger partial charge is 0.347 e. The second-order valence-corrected chi connectivity index (χ2v) is 8.48. The normalized spacial score (nSPS) is 23.5. The van der Waals surface area contributed by atoms with Crippen molar-refractivity contribution in [2.24, 2.45) is 29.1 Å². The monoisotopic (exact) mass is 312 g/mol. The topological polar surface area (TPSA) is 18.5 Å². The van der Waals surface area contributed by atoms with Crippen LogP contribution in [-0.2, 0) is 9.47 Å². The van der Waals surface area contributed by atoms with Crippen LogP contribution in [0.4, 0.5) is 0 Å². The highest BCUT2D eigenvalue weighted by molar-refractivity contribution is 4.89. The highest BCUT2D eigenvalue weighted by atomic mass is 16.7. The van der Waals surface area contributed by atoms with Gasteiger partial charge in [-0.15, -0.1) is 0 Å². The van der Waals surface area contributed by atoms with Crippen LogP contribution in [0.25, 0.3) is 0 Å². The van der Waals surface area contributed by atoms with Crippen molar-refractivity contribution in [3.63, 3.8) is 0 Å². The van der Waals surface area contributed by atoms with Crippen LogP contribution in [0.15, 0.2) is 0 Å². The van der Waals surface area contributed by atoms with Crippen molar-refractivity contribution in [3.8, 4) is 0 Å². The molecule has 22 heavy (non-hydrogen) atoms. The molecule has 1 aliphatic carbocycles. The first-order valence-electron chi connectivity index (χ1n) is 9.47. The zero-order valence-corrected chi connectivity index (χ0v) is 16.4. The van der Waals surface area contributed by atoms with E-state index in [9.17, 15) is 0 Å². The minimum atomic E-state index is -0.306. The van der Waals surface area contributed by atoms with Crippen molar-refractivity contribution in [1.82, 2.24) is 0 Å². The minimum absolute atomic E-state index is 0.306. The van der Waals surface area contributed by atoms with Crippen molar-refractivity contribution in [2.75, 3.05) is 13.2 Å². The summed E-state index contributed by atoms with van der Waals surface area (Å²) in [5.41, 5.74) is 0.694. The van der Waals surface area contributed by atoms with Crippen molar-refractivity contribution in [3.05, 3.63) is 0 Å². The molecule has 2 aliphatic rings. The van der Waals surface area contributed by atoms with Gasteiger partial charge in [0.1, 0.15) is 0 Å². The highest BCUT2D eigenvalue weighted by Gasteiger charge is 2.42. The van der Waals surface area contributed by atoms with Crippen LogP contribution in [0.5, 0.6) is 0 Å². The lowest BCUT2D eigenvalue weighted by Crippen LogP contribution is -2.41. The van der Waals surface area contributed by atoms with Gasteiger partial charge in [-0.2, -0.15) is 0 Å². The molecule has 1 aliphatic heterocycles. The lowest BCUT2D eigenvalue weighted by atomic mass is 9.68. The van der Waals surface area contributed by atoms with Gasteiger partial charge in [-0.05, 0) is 30.1 Å². The van der Waals surface area contributed by atoms with Crippen LogP contribution in [0.3, 0.4) is 0 Å². The maximum Gasteiger partial charge on any atom is 0.172 e. The van der Waals surface area contributed by atoms with E-state index in [1.165, 1.54) is 25.7 Å². The molecule has 2 fully saturated rings. The Morgan fingerprint density at radius 1 is 0.591 bits per heavy atom. The molecule has 2 heteroatoms. The fourth-order valence-electron chi connectivity index (χ4n) is 4.63. The van der Waals surface area contributed by atoms with Crippen LogP contribution in [-0.4, -0.2) is 19.0 Å². The SMILES string of the molecule is CC(C)C1(C(C)C)CCCC1.CC(C)C1(C(C)C)OCCO1. The molecular weight excluding hydrogens is 272 g/mol. The number of hydrogen-bond acceptors (Lipinski definition) is 2. The Hall–Kier alpha value is -0.0800. The molecule has 2 rings (SSSR count). The first-order chi connectivity index (χ1) is 10.2. The molecule has 132 valence electrons. The van der Waals surface area contributed by atoms with E-state index in [0.717, 1.165) is 25.0 Å². The van der Waals surface area contributed by atoms with Gasteiger partial charge in [0.05, 0.1) is 13.2 Å². The van der Waals surface area contributed by atoms with Crippen LogP contribution in [0, 0.1) is 29.1 Å². The number of hydrogen-bond donors (Lipinski definition) is 0. The Balaban J connectivity index is 0.000000220. The maximum absolute atomic E-state index is 5.64. The lowest BCUT2D eigenvalue weighted by Gasteiger charge is -2.37. The predicted molar refractivity (Wildman–Crippen MR) is 94.9 cm³/mol. The van der Waals surface area contributed by atoms with E-state index in [4.69, 9.17) is 9.47 Å². The molecule has 1 heterocycles. The van der Waals surface area contributed by atoms with Gasteiger partial charge < -0.3 is 9.47 Å². The second kappa shape index (κ2) is 8.15. The maximum atomic E-state index is 5.64. The summed E-state index contributed by atoms with van der Waals surface area (Å²) in [7, 11) is 0. The zero-order chi connectivity index (χ0) is 17.0. The van der Waals surface area contributed by atoms with Gasteiger partial charge in [-0.1, -0.05) is 68.2 Å². The average molecular weight is 313 g/mol.